The minimum Gasteiger partial charge on any atom is -0.494 e. The van der Waals surface area contributed by atoms with Crippen LogP contribution in [-0.4, -0.2) is 18.6 Å². The van der Waals surface area contributed by atoms with E-state index >= 15 is 0 Å². The molecule has 2 rings (SSSR count). The largest absolute Gasteiger partial charge is 0.494 e. The molecular formula is C14H19NO2. The molecule has 0 aliphatic carbocycles. The molecule has 1 aromatic carbocycles. The van der Waals surface area contributed by atoms with Crippen molar-refractivity contribution in [1.29, 1.82) is 0 Å². The highest BCUT2D eigenvalue weighted by Gasteiger charge is 2.20. The third-order valence-corrected chi connectivity index (χ3v) is 2.96. The number of amides is 1. The lowest BCUT2D eigenvalue weighted by Gasteiger charge is -2.10. The van der Waals surface area contributed by atoms with Crippen LogP contribution in [0, 0.1) is 0 Å². The highest BCUT2D eigenvalue weighted by molar-refractivity contribution is 5.78. The number of hydrogen-bond acceptors (Lipinski definition) is 2. The third kappa shape index (κ3) is 3.48. The van der Waals surface area contributed by atoms with Crippen LogP contribution in [0.1, 0.15) is 31.7 Å². The van der Waals surface area contributed by atoms with Crippen molar-refractivity contribution in [2.24, 2.45) is 0 Å². The monoisotopic (exact) mass is 233 g/mol. The van der Waals surface area contributed by atoms with E-state index in [9.17, 15) is 4.79 Å². The van der Waals surface area contributed by atoms with E-state index in [1.165, 1.54) is 5.56 Å². The van der Waals surface area contributed by atoms with Crippen molar-refractivity contribution >= 4 is 5.91 Å². The first-order valence-electron chi connectivity index (χ1n) is 6.29. The summed E-state index contributed by atoms with van der Waals surface area (Å²) in [7, 11) is 0. The standard InChI is InChI=1S/C14H19NO2/c1-2-9-17-13-6-3-11(4-7-13)10-12-5-8-14(16)15-12/h3-4,6-7,12H,2,5,8-10H2,1H3,(H,15,16). The van der Waals surface area contributed by atoms with Gasteiger partial charge in [0.05, 0.1) is 6.61 Å². The molecule has 1 fully saturated rings. The van der Waals surface area contributed by atoms with E-state index in [1.54, 1.807) is 0 Å². The Kier molecular flexibility index (Phi) is 4.02. The van der Waals surface area contributed by atoms with Gasteiger partial charge >= 0.3 is 0 Å². The Bertz CT molecular complexity index is 372. The van der Waals surface area contributed by atoms with Crippen LogP contribution in [0.3, 0.4) is 0 Å². The zero-order chi connectivity index (χ0) is 12.1. The fourth-order valence-corrected chi connectivity index (χ4v) is 2.06. The lowest BCUT2D eigenvalue weighted by molar-refractivity contribution is -0.119. The van der Waals surface area contributed by atoms with Gasteiger partial charge in [0.1, 0.15) is 5.75 Å². The summed E-state index contributed by atoms with van der Waals surface area (Å²) in [6.45, 7) is 2.86. The Morgan fingerprint density at radius 3 is 2.71 bits per heavy atom. The molecule has 1 aliphatic rings. The van der Waals surface area contributed by atoms with E-state index in [0.717, 1.165) is 31.6 Å². The van der Waals surface area contributed by atoms with Gasteiger partial charge in [-0.25, -0.2) is 0 Å². The van der Waals surface area contributed by atoms with E-state index in [4.69, 9.17) is 4.74 Å². The van der Waals surface area contributed by atoms with Crippen LogP contribution in [0.2, 0.25) is 0 Å². The van der Waals surface area contributed by atoms with Gasteiger partial charge in [-0.1, -0.05) is 19.1 Å². The van der Waals surface area contributed by atoms with Crippen LogP contribution >= 0.6 is 0 Å². The Hall–Kier alpha value is -1.51. The van der Waals surface area contributed by atoms with Crippen molar-refractivity contribution in [2.45, 2.75) is 38.6 Å². The van der Waals surface area contributed by atoms with Crippen LogP contribution in [0.15, 0.2) is 24.3 Å². The van der Waals surface area contributed by atoms with Gasteiger partial charge in [-0.2, -0.15) is 0 Å². The SMILES string of the molecule is CCCOc1ccc(CC2CCC(=O)N2)cc1. The summed E-state index contributed by atoms with van der Waals surface area (Å²) in [5.41, 5.74) is 1.25. The average molecular weight is 233 g/mol. The molecule has 1 N–H and O–H groups in total. The Labute approximate surface area is 102 Å². The van der Waals surface area contributed by atoms with Gasteiger partial charge < -0.3 is 10.1 Å². The van der Waals surface area contributed by atoms with Crippen LogP contribution in [0.4, 0.5) is 0 Å². The number of carbonyl (C=O) groups excluding carboxylic acids is 1. The first-order valence-corrected chi connectivity index (χ1v) is 6.29. The molecule has 0 saturated carbocycles. The third-order valence-electron chi connectivity index (χ3n) is 2.96. The molecule has 1 unspecified atom stereocenters. The summed E-state index contributed by atoms with van der Waals surface area (Å²) < 4.78 is 5.53. The summed E-state index contributed by atoms with van der Waals surface area (Å²) in [5.74, 6) is 1.10. The lowest BCUT2D eigenvalue weighted by atomic mass is 10.0. The number of hydrogen-bond donors (Lipinski definition) is 1. The fourth-order valence-electron chi connectivity index (χ4n) is 2.06. The van der Waals surface area contributed by atoms with Crippen molar-refractivity contribution in [3.05, 3.63) is 29.8 Å². The van der Waals surface area contributed by atoms with Crippen LogP contribution in [0.5, 0.6) is 5.75 Å². The van der Waals surface area contributed by atoms with E-state index in [1.807, 2.05) is 12.1 Å². The molecular weight excluding hydrogens is 214 g/mol. The number of carbonyl (C=O) groups is 1. The van der Waals surface area contributed by atoms with Crippen LogP contribution in [-0.2, 0) is 11.2 Å². The molecule has 1 aliphatic heterocycles. The molecule has 1 heterocycles. The number of ether oxygens (including phenoxy) is 1. The van der Waals surface area contributed by atoms with Crippen LogP contribution < -0.4 is 10.1 Å². The highest BCUT2D eigenvalue weighted by atomic mass is 16.5. The van der Waals surface area contributed by atoms with E-state index in [2.05, 4.69) is 24.4 Å². The smallest absolute Gasteiger partial charge is 0.220 e. The molecule has 0 bridgehead atoms. The molecule has 0 radical (unpaired) electrons. The van der Waals surface area contributed by atoms with E-state index < -0.39 is 0 Å². The zero-order valence-electron chi connectivity index (χ0n) is 10.2. The summed E-state index contributed by atoms with van der Waals surface area (Å²) in [6, 6.07) is 8.47. The molecule has 1 amide bonds. The quantitative estimate of drug-likeness (QED) is 0.847. The minimum absolute atomic E-state index is 0.179. The van der Waals surface area contributed by atoms with Gasteiger partial charge in [-0.05, 0) is 37.0 Å². The Morgan fingerprint density at radius 2 is 2.12 bits per heavy atom. The molecule has 17 heavy (non-hydrogen) atoms. The van der Waals surface area contributed by atoms with Crippen LogP contribution in [0.25, 0.3) is 0 Å². The van der Waals surface area contributed by atoms with E-state index in [0.29, 0.717) is 12.5 Å². The maximum absolute atomic E-state index is 11.1. The van der Waals surface area contributed by atoms with Gasteiger partial charge in [0.25, 0.3) is 0 Å². The number of rotatable bonds is 5. The van der Waals surface area contributed by atoms with Crippen molar-refractivity contribution in [3.8, 4) is 5.75 Å². The summed E-state index contributed by atoms with van der Waals surface area (Å²) in [6.07, 6.45) is 3.56. The Morgan fingerprint density at radius 1 is 1.35 bits per heavy atom. The van der Waals surface area contributed by atoms with Crippen molar-refractivity contribution in [3.63, 3.8) is 0 Å². The zero-order valence-corrected chi connectivity index (χ0v) is 10.2. The maximum atomic E-state index is 11.1. The summed E-state index contributed by atoms with van der Waals surface area (Å²) in [4.78, 5) is 11.1. The molecule has 3 nitrogen and oxygen atoms in total. The molecule has 3 heteroatoms. The van der Waals surface area contributed by atoms with E-state index in [-0.39, 0.29) is 5.91 Å². The molecule has 1 atom stereocenters. The summed E-state index contributed by atoms with van der Waals surface area (Å²) in [5, 5.41) is 2.98. The van der Waals surface area contributed by atoms with Crippen molar-refractivity contribution < 1.29 is 9.53 Å². The first kappa shape index (κ1) is 12.0. The molecule has 92 valence electrons. The molecule has 1 aromatic rings. The topological polar surface area (TPSA) is 38.3 Å². The number of nitrogens with one attached hydrogen (secondary N) is 1. The number of benzene rings is 1. The highest BCUT2D eigenvalue weighted by Crippen LogP contribution is 2.16. The summed E-state index contributed by atoms with van der Waals surface area (Å²) >= 11 is 0. The minimum atomic E-state index is 0.179. The predicted octanol–water partition coefficient (Wildman–Crippen LogP) is 2.30. The van der Waals surface area contributed by atoms with Gasteiger partial charge in [0.15, 0.2) is 0 Å². The first-order chi connectivity index (χ1) is 8.28. The van der Waals surface area contributed by atoms with Gasteiger partial charge in [0, 0.05) is 12.5 Å². The lowest BCUT2D eigenvalue weighted by Crippen LogP contribution is -2.27. The van der Waals surface area contributed by atoms with Crippen molar-refractivity contribution in [2.75, 3.05) is 6.61 Å². The van der Waals surface area contributed by atoms with Gasteiger partial charge in [0.2, 0.25) is 5.91 Å². The molecule has 0 spiro atoms. The molecule has 1 saturated heterocycles. The maximum Gasteiger partial charge on any atom is 0.220 e. The van der Waals surface area contributed by atoms with Crippen molar-refractivity contribution in [1.82, 2.24) is 5.32 Å². The molecule has 0 aromatic heterocycles. The second kappa shape index (κ2) is 5.71. The fraction of sp³-hybridized carbons (Fsp3) is 0.500. The normalized spacial score (nSPS) is 19.1. The van der Waals surface area contributed by atoms with Gasteiger partial charge in [-0.15, -0.1) is 0 Å². The Balaban J connectivity index is 1.87. The average Bonchev–Trinajstić information content (AvgIpc) is 2.74. The predicted molar refractivity (Wildman–Crippen MR) is 67.1 cm³/mol. The van der Waals surface area contributed by atoms with Gasteiger partial charge in [-0.3, -0.25) is 4.79 Å². The second-order valence-corrected chi connectivity index (χ2v) is 4.50. The second-order valence-electron chi connectivity index (χ2n) is 4.50.